The molecule has 4 nitrogen and oxygen atoms in total. The van der Waals surface area contributed by atoms with E-state index in [1.807, 2.05) is 0 Å². The van der Waals surface area contributed by atoms with Gasteiger partial charge in [0.15, 0.2) is 6.10 Å². The molecule has 0 saturated heterocycles. The first kappa shape index (κ1) is 15.5. The molecule has 21 heavy (non-hydrogen) atoms. The van der Waals surface area contributed by atoms with Gasteiger partial charge in [-0.1, -0.05) is 35.3 Å². The molecule has 0 aromatic heterocycles. The second-order valence-electron chi connectivity index (χ2n) is 4.43. The van der Waals surface area contributed by atoms with Crippen molar-refractivity contribution < 1.29 is 9.53 Å². The maximum Gasteiger partial charge on any atom is 0.265 e. The van der Waals surface area contributed by atoms with Gasteiger partial charge < -0.3 is 15.8 Å². The topological polar surface area (TPSA) is 64.3 Å². The summed E-state index contributed by atoms with van der Waals surface area (Å²) in [7, 11) is 0. The summed E-state index contributed by atoms with van der Waals surface area (Å²) in [5.41, 5.74) is 6.83. The molecule has 3 N–H and O–H groups in total. The van der Waals surface area contributed by atoms with Gasteiger partial charge in [0.25, 0.3) is 5.91 Å². The van der Waals surface area contributed by atoms with E-state index >= 15 is 0 Å². The number of benzene rings is 2. The van der Waals surface area contributed by atoms with Crippen LogP contribution in [0.5, 0.6) is 5.75 Å². The standard InChI is InChI=1S/C15H14Cl2N2O2/c1-9(21-13-7-3-6-12(16)14(13)17)15(20)19-11-5-2-4-10(18)8-11/h2-9H,18H2,1H3,(H,19,20). The van der Waals surface area contributed by atoms with Crippen molar-refractivity contribution in [3.8, 4) is 5.75 Å². The summed E-state index contributed by atoms with van der Waals surface area (Å²) in [6.45, 7) is 1.62. The van der Waals surface area contributed by atoms with Crippen molar-refractivity contribution in [1.82, 2.24) is 0 Å². The summed E-state index contributed by atoms with van der Waals surface area (Å²) in [6.07, 6.45) is -0.734. The quantitative estimate of drug-likeness (QED) is 0.836. The number of halogens is 2. The number of hydrogen-bond donors (Lipinski definition) is 2. The van der Waals surface area contributed by atoms with E-state index in [0.717, 1.165) is 0 Å². The summed E-state index contributed by atoms with van der Waals surface area (Å²) in [5, 5.41) is 3.37. The average molecular weight is 325 g/mol. The lowest BCUT2D eigenvalue weighted by molar-refractivity contribution is -0.122. The molecule has 6 heteroatoms. The number of hydrogen-bond acceptors (Lipinski definition) is 3. The van der Waals surface area contributed by atoms with Crippen molar-refractivity contribution in [2.24, 2.45) is 0 Å². The van der Waals surface area contributed by atoms with Crippen molar-refractivity contribution in [3.05, 3.63) is 52.5 Å². The van der Waals surface area contributed by atoms with Crippen LogP contribution in [-0.4, -0.2) is 12.0 Å². The number of nitrogens with one attached hydrogen (secondary N) is 1. The number of carbonyl (C=O) groups is 1. The minimum Gasteiger partial charge on any atom is -0.479 e. The third-order valence-electron chi connectivity index (χ3n) is 2.74. The number of amides is 1. The van der Waals surface area contributed by atoms with E-state index in [1.54, 1.807) is 49.4 Å². The Morgan fingerprint density at radius 2 is 1.95 bits per heavy atom. The molecule has 0 fully saturated rings. The van der Waals surface area contributed by atoms with Crippen molar-refractivity contribution in [1.29, 1.82) is 0 Å². The minimum atomic E-state index is -0.734. The maximum absolute atomic E-state index is 12.1. The molecule has 2 aromatic carbocycles. The van der Waals surface area contributed by atoms with Crippen LogP contribution in [0, 0.1) is 0 Å². The van der Waals surface area contributed by atoms with Crippen LogP contribution in [0.25, 0.3) is 0 Å². The van der Waals surface area contributed by atoms with Crippen molar-refractivity contribution in [3.63, 3.8) is 0 Å². The number of nitrogens with two attached hydrogens (primary N) is 1. The number of carbonyl (C=O) groups excluding carboxylic acids is 1. The van der Waals surface area contributed by atoms with Gasteiger partial charge in [0, 0.05) is 11.4 Å². The van der Waals surface area contributed by atoms with Crippen LogP contribution in [0.2, 0.25) is 10.0 Å². The lowest BCUT2D eigenvalue weighted by atomic mass is 10.2. The van der Waals surface area contributed by atoms with E-state index in [1.165, 1.54) is 0 Å². The van der Waals surface area contributed by atoms with Crippen molar-refractivity contribution >= 4 is 40.5 Å². The molecule has 1 unspecified atom stereocenters. The molecule has 1 atom stereocenters. The van der Waals surface area contributed by atoms with E-state index in [0.29, 0.717) is 22.1 Å². The lowest BCUT2D eigenvalue weighted by Crippen LogP contribution is -2.30. The molecular formula is C15H14Cl2N2O2. The largest absolute Gasteiger partial charge is 0.479 e. The summed E-state index contributed by atoms with van der Waals surface area (Å²) in [4.78, 5) is 12.1. The van der Waals surface area contributed by atoms with Crippen LogP contribution in [0.4, 0.5) is 11.4 Å². The highest BCUT2D eigenvalue weighted by Crippen LogP contribution is 2.32. The molecule has 2 rings (SSSR count). The Balaban J connectivity index is 2.04. The Hall–Kier alpha value is -1.91. The van der Waals surface area contributed by atoms with E-state index in [-0.39, 0.29) is 10.9 Å². The minimum absolute atomic E-state index is 0.280. The molecular weight excluding hydrogens is 311 g/mol. The van der Waals surface area contributed by atoms with Crippen molar-refractivity contribution in [2.75, 3.05) is 11.1 Å². The average Bonchev–Trinajstić information content (AvgIpc) is 2.44. The molecule has 0 radical (unpaired) electrons. The maximum atomic E-state index is 12.1. The number of rotatable bonds is 4. The summed E-state index contributed by atoms with van der Waals surface area (Å²) >= 11 is 11.9. The number of ether oxygens (including phenoxy) is 1. The smallest absolute Gasteiger partial charge is 0.265 e. The summed E-state index contributed by atoms with van der Waals surface area (Å²) in [5.74, 6) is 0.0519. The Kier molecular flexibility index (Phi) is 4.94. The van der Waals surface area contributed by atoms with E-state index < -0.39 is 6.10 Å². The second kappa shape index (κ2) is 6.70. The van der Waals surface area contributed by atoms with E-state index in [4.69, 9.17) is 33.7 Å². The summed E-state index contributed by atoms with van der Waals surface area (Å²) in [6, 6.07) is 11.9. The molecule has 2 aromatic rings. The molecule has 0 bridgehead atoms. The van der Waals surface area contributed by atoms with Crippen LogP contribution in [0.15, 0.2) is 42.5 Å². The number of anilines is 2. The molecule has 110 valence electrons. The van der Waals surface area contributed by atoms with Gasteiger partial charge in [0.1, 0.15) is 10.8 Å². The Labute approximate surface area is 132 Å². The Morgan fingerprint density at radius 1 is 1.24 bits per heavy atom. The third kappa shape index (κ3) is 4.03. The first-order chi connectivity index (χ1) is 9.97. The molecule has 0 saturated carbocycles. The monoisotopic (exact) mass is 324 g/mol. The van der Waals surface area contributed by atoms with Crippen LogP contribution in [0.3, 0.4) is 0 Å². The zero-order chi connectivity index (χ0) is 15.4. The number of nitrogen functional groups attached to an aromatic ring is 1. The summed E-state index contributed by atoms with van der Waals surface area (Å²) < 4.78 is 5.53. The third-order valence-corrected chi connectivity index (χ3v) is 3.54. The second-order valence-corrected chi connectivity index (χ2v) is 5.21. The normalized spacial score (nSPS) is 11.8. The molecule has 0 aliphatic rings. The van der Waals surface area contributed by atoms with Gasteiger partial charge in [-0.05, 0) is 37.3 Å². The van der Waals surface area contributed by atoms with Gasteiger partial charge in [-0.15, -0.1) is 0 Å². The van der Waals surface area contributed by atoms with E-state index in [9.17, 15) is 4.79 Å². The molecule has 0 aliphatic heterocycles. The van der Waals surface area contributed by atoms with Gasteiger partial charge in [-0.2, -0.15) is 0 Å². The first-order valence-corrected chi connectivity index (χ1v) is 7.00. The molecule has 0 heterocycles. The van der Waals surface area contributed by atoms with Gasteiger partial charge in [-0.25, -0.2) is 0 Å². The first-order valence-electron chi connectivity index (χ1n) is 6.24. The lowest BCUT2D eigenvalue weighted by Gasteiger charge is -2.16. The van der Waals surface area contributed by atoms with Gasteiger partial charge in [0.2, 0.25) is 0 Å². The zero-order valence-corrected chi connectivity index (χ0v) is 12.8. The van der Waals surface area contributed by atoms with Crippen molar-refractivity contribution in [2.45, 2.75) is 13.0 Å². The van der Waals surface area contributed by atoms with Crippen LogP contribution in [0.1, 0.15) is 6.92 Å². The fraction of sp³-hybridized carbons (Fsp3) is 0.133. The molecule has 1 amide bonds. The van der Waals surface area contributed by atoms with Crippen LogP contribution in [-0.2, 0) is 4.79 Å². The molecule has 0 spiro atoms. The highest BCUT2D eigenvalue weighted by Gasteiger charge is 2.17. The fourth-order valence-corrected chi connectivity index (χ4v) is 2.02. The highest BCUT2D eigenvalue weighted by atomic mass is 35.5. The Morgan fingerprint density at radius 3 is 2.67 bits per heavy atom. The predicted molar refractivity (Wildman–Crippen MR) is 86.0 cm³/mol. The highest BCUT2D eigenvalue weighted by molar-refractivity contribution is 6.42. The SMILES string of the molecule is CC(Oc1cccc(Cl)c1Cl)C(=O)Nc1cccc(N)c1. The predicted octanol–water partition coefficient (Wildman–Crippen LogP) is 3.98. The molecule has 0 aliphatic carbocycles. The van der Waals surface area contributed by atoms with Crippen LogP contribution >= 0.6 is 23.2 Å². The van der Waals surface area contributed by atoms with Gasteiger partial charge in [-0.3, -0.25) is 4.79 Å². The van der Waals surface area contributed by atoms with Gasteiger partial charge >= 0.3 is 0 Å². The fourth-order valence-electron chi connectivity index (χ4n) is 1.68. The zero-order valence-electron chi connectivity index (χ0n) is 11.3. The Bertz CT molecular complexity index is 662. The van der Waals surface area contributed by atoms with E-state index in [2.05, 4.69) is 5.32 Å². The van der Waals surface area contributed by atoms with Crippen LogP contribution < -0.4 is 15.8 Å². The van der Waals surface area contributed by atoms with Gasteiger partial charge in [0.05, 0.1) is 5.02 Å².